The van der Waals surface area contributed by atoms with E-state index in [1.165, 1.54) is 5.57 Å². The zero-order valence-electron chi connectivity index (χ0n) is 30.2. The highest BCUT2D eigenvalue weighted by molar-refractivity contribution is 7.39. The molecule has 54 heavy (non-hydrogen) atoms. The van der Waals surface area contributed by atoms with E-state index < -0.39 is 0 Å². The fraction of sp³-hybridized carbons (Fsp3) is 0.151. The Bertz CT molecular complexity index is 3330. The van der Waals surface area contributed by atoms with Gasteiger partial charge in [-0.3, -0.25) is 0 Å². The minimum absolute atomic E-state index is 0.0161. The number of hydrogen-bond donors (Lipinski definition) is 0. The smallest absolute Gasteiger partial charge is 0.0114 e. The average Bonchev–Trinajstić information content (AvgIpc) is 3.14. The average molecular weight is 689 g/mol. The molecular weight excluding hydrogens is 668 g/mol. The summed E-state index contributed by atoms with van der Waals surface area (Å²) in [5, 5.41) is 0.0451. The van der Waals surface area contributed by atoms with E-state index in [-0.39, 0.29) is 10.6 Å². The summed E-state index contributed by atoms with van der Waals surface area (Å²) in [5.74, 6) is 0. The van der Waals surface area contributed by atoms with Crippen LogP contribution in [0, 0.1) is 5.41 Å². The molecule has 0 aliphatic rings. The molecule has 0 aliphatic heterocycles. The van der Waals surface area contributed by atoms with Crippen LogP contribution in [0.15, 0.2) is 259 Å². The van der Waals surface area contributed by atoms with Gasteiger partial charge in [-0.1, -0.05) is 46.1 Å². The largest absolute Gasteiger partial charge is 0.114 e. The van der Waals surface area contributed by atoms with Crippen molar-refractivity contribution < 1.29 is 0 Å². The van der Waals surface area contributed by atoms with Gasteiger partial charge in [0.15, 0.2) is 0 Å². The van der Waals surface area contributed by atoms with Crippen molar-refractivity contribution in [2.75, 3.05) is 6.66 Å². The van der Waals surface area contributed by atoms with Gasteiger partial charge in [0, 0.05) is 148 Å². The predicted octanol–water partition coefficient (Wildman–Crippen LogP) is 10.3. The predicted molar refractivity (Wildman–Crippen MR) is 208 cm³/mol. The van der Waals surface area contributed by atoms with Crippen molar-refractivity contribution in [1.82, 2.24) is 0 Å². The van der Waals surface area contributed by atoms with Gasteiger partial charge in [-0.15, -0.1) is 8.58 Å². The Morgan fingerprint density at radius 1 is 0.296 bits per heavy atom. The molecule has 0 bridgehead atoms. The lowest BCUT2D eigenvalue weighted by atomic mass is 9.80. The second-order valence-electron chi connectivity index (χ2n) is 9.93. The molecule has 0 aromatic heterocycles. The lowest BCUT2D eigenvalue weighted by Gasteiger charge is -2.33. The maximum absolute atomic E-state index is 3.32. The molecule has 1 unspecified atom stereocenters. The minimum Gasteiger partial charge on any atom is -0.114 e. The first-order valence-electron chi connectivity index (χ1n) is 14.9. The Balaban J connectivity index is 6.20. The quantitative estimate of drug-likeness (QED) is 0.200. The topological polar surface area (TPSA) is 0 Å². The monoisotopic (exact) mass is 688 g/mol. The molecule has 0 heterocycles. The zero-order chi connectivity index (χ0) is 39.7. The van der Waals surface area contributed by atoms with Crippen LogP contribution in [0.3, 0.4) is 0 Å². The van der Waals surface area contributed by atoms with Crippen LogP contribution in [0.25, 0.3) is 0 Å². The molecule has 0 amide bonds. The summed E-state index contributed by atoms with van der Waals surface area (Å²) < 4.78 is 0. The molecule has 0 aromatic carbocycles. The fourth-order valence-corrected chi connectivity index (χ4v) is 3.45. The Kier molecular flexibility index (Phi) is 26.7. The van der Waals surface area contributed by atoms with E-state index in [9.17, 15) is 0 Å². The highest BCUT2D eigenvalue weighted by atomic mass is 31.1. The van der Waals surface area contributed by atoms with Crippen molar-refractivity contribution in [2.45, 2.75) is 39.8 Å². The first kappa shape index (κ1) is 44.7. The third-order valence-electron chi connectivity index (χ3n) is 4.78. The lowest BCUT2D eigenvalue weighted by Crippen LogP contribution is -2.26. The first-order valence-corrected chi connectivity index (χ1v) is 16.4. The van der Waals surface area contributed by atoms with Gasteiger partial charge < -0.3 is 0 Å². The number of rotatable bonds is 2. The van der Waals surface area contributed by atoms with Crippen molar-refractivity contribution in [3.63, 3.8) is 0 Å². The fourth-order valence-electron chi connectivity index (χ4n) is 2.76. The van der Waals surface area contributed by atoms with Crippen LogP contribution in [0.2, 0.25) is 0 Å². The van der Waals surface area contributed by atoms with Crippen molar-refractivity contribution >= 4 is 8.58 Å². The molecule has 0 nitrogen and oxygen atoms in total. The van der Waals surface area contributed by atoms with Crippen LogP contribution in [0.4, 0.5) is 0 Å². The van der Waals surface area contributed by atoms with Gasteiger partial charge in [0.2, 0.25) is 0 Å². The van der Waals surface area contributed by atoms with Crippen molar-refractivity contribution in [3.8, 4) is 0 Å². The van der Waals surface area contributed by atoms with Crippen LogP contribution < -0.4 is 0 Å². The summed E-state index contributed by atoms with van der Waals surface area (Å²) in [5.41, 5.74) is 111. The third kappa shape index (κ3) is 30.1. The highest BCUT2D eigenvalue weighted by Gasteiger charge is 2.30. The molecule has 1 heteroatoms. The van der Waals surface area contributed by atoms with Crippen molar-refractivity contribution in [2.24, 2.45) is 5.41 Å². The van der Waals surface area contributed by atoms with E-state index in [0.717, 1.165) is 8.58 Å². The second-order valence-corrected chi connectivity index (χ2v) is 11.7. The molecule has 0 aliphatic carbocycles. The lowest BCUT2D eigenvalue weighted by molar-refractivity contribution is 0.463. The van der Waals surface area contributed by atoms with Crippen molar-refractivity contribution in [3.05, 3.63) is 259 Å². The minimum atomic E-state index is -0.0161. The SMILES string of the molecule is C=C=C=C=C=C=C=C=C=C=C=C=C=C=C=C=C=C=C=C=C=C=C=C=C=C=C=C=C=C=C=C=C=C=C=C=C=C=C=C=C=C=C=C=C(C(C)(C)C)C(C)(C)PC. The summed E-state index contributed by atoms with van der Waals surface area (Å²) in [6.07, 6.45) is 0. The molecule has 1 atom stereocenters. The van der Waals surface area contributed by atoms with Crippen molar-refractivity contribution in [1.29, 1.82) is 0 Å². The van der Waals surface area contributed by atoms with Crippen LogP contribution in [0.5, 0.6) is 0 Å². The Morgan fingerprint density at radius 2 is 0.463 bits per heavy atom. The van der Waals surface area contributed by atoms with E-state index in [1.807, 2.05) is 0 Å². The Labute approximate surface area is 317 Å². The number of hydrogen-bond acceptors (Lipinski definition) is 0. The molecule has 0 N–H and O–H groups in total. The molecule has 238 valence electrons. The zero-order valence-corrected chi connectivity index (χ0v) is 31.2. The standard InChI is InChI=1S/C53H21P/c1-8-9-10-11-12-13-14-15-16-17-18-19-20-21-22-23-24-25-26-27-28-29-30-31-32-33-34-35-36-37-38-39-40-41-42-43-44-45-46-47-48-49-50-51(52(2,3)4)53(5,6)54-7/h54H,1H2,2-7H3. The molecule has 0 rings (SSSR count). The van der Waals surface area contributed by atoms with Gasteiger partial charge in [-0.2, -0.15) is 0 Å². The molecule has 0 spiro atoms. The van der Waals surface area contributed by atoms with E-state index in [2.05, 4.69) is 294 Å². The van der Waals surface area contributed by atoms with Crippen LogP contribution >= 0.6 is 8.58 Å². The van der Waals surface area contributed by atoms with E-state index >= 15 is 0 Å². The van der Waals surface area contributed by atoms with E-state index in [4.69, 9.17) is 0 Å². The van der Waals surface area contributed by atoms with Gasteiger partial charge in [0.25, 0.3) is 0 Å². The van der Waals surface area contributed by atoms with E-state index in [1.54, 1.807) is 0 Å². The molecule has 0 saturated carbocycles. The van der Waals surface area contributed by atoms with Gasteiger partial charge in [0.1, 0.15) is 0 Å². The molecule has 0 radical (unpaired) electrons. The molecule has 0 aromatic rings. The third-order valence-corrected chi connectivity index (χ3v) is 6.28. The summed E-state index contributed by atoms with van der Waals surface area (Å²) in [6, 6.07) is 0. The van der Waals surface area contributed by atoms with Gasteiger partial charge in [-0.05, 0) is 116 Å². The highest BCUT2D eigenvalue weighted by Crippen LogP contribution is 2.43. The summed E-state index contributed by atoms with van der Waals surface area (Å²) in [4.78, 5) is 0. The summed E-state index contributed by atoms with van der Waals surface area (Å²) in [7, 11) is 0.747. The first-order chi connectivity index (χ1) is 26.3. The van der Waals surface area contributed by atoms with Gasteiger partial charge in [0.05, 0.1) is 0 Å². The Morgan fingerprint density at radius 3 is 0.611 bits per heavy atom. The van der Waals surface area contributed by atoms with Crippen LogP contribution in [-0.4, -0.2) is 11.8 Å². The maximum Gasteiger partial charge on any atom is 0.0114 e. The van der Waals surface area contributed by atoms with Crippen LogP contribution in [-0.2, 0) is 0 Å². The Hall–Kier alpha value is -9.29. The van der Waals surface area contributed by atoms with Gasteiger partial charge in [-0.25, -0.2) is 0 Å². The number of allylic oxidation sites excluding steroid dienone is 1. The molecular formula is C53H21P. The normalized spacial score (nSPS) is 6.11. The maximum atomic E-state index is 3.32. The molecule has 0 fully saturated rings. The summed E-state index contributed by atoms with van der Waals surface area (Å²) >= 11 is 0. The van der Waals surface area contributed by atoms with Crippen LogP contribution in [0.1, 0.15) is 34.6 Å². The van der Waals surface area contributed by atoms with E-state index in [0.29, 0.717) is 0 Å². The molecule has 0 saturated heterocycles. The summed E-state index contributed by atoms with van der Waals surface area (Å²) in [6.45, 7) is 16.4. The van der Waals surface area contributed by atoms with Gasteiger partial charge >= 0.3 is 0 Å². The second kappa shape index (κ2) is 32.3.